The van der Waals surface area contributed by atoms with E-state index in [1.807, 2.05) is 6.92 Å². The van der Waals surface area contributed by atoms with Crippen LogP contribution in [0.3, 0.4) is 0 Å². The van der Waals surface area contributed by atoms with Gasteiger partial charge in [0.25, 0.3) is 11.9 Å². The number of benzene rings is 3. The number of fused-ring (bicyclic) bond motifs is 2. The Balaban J connectivity index is 1.51. The van der Waals surface area contributed by atoms with Crippen molar-refractivity contribution in [2.45, 2.75) is 31.0 Å². The zero-order valence-corrected chi connectivity index (χ0v) is 19.9. The summed E-state index contributed by atoms with van der Waals surface area (Å²) in [4.78, 5) is 27.2. The van der Waals surface area contributed by atoms with Crippen molar-refractivity contribution in [3.8, 4) is 11.5 Å². The molecule has 5 rings (SSSR count). The Bertz CT molecular complexity index is 1330. The lowest BCUT2D eigenvalue weighted by molar-refractivity contribution is -0.534. The maximum absolute atomic E-state index is 14.0. The van der Waals surface area contributed by atoms with Crippen LogP contribution < -0.4 is 14.8 Å². The number of rotatable bonds is 7. The molecule has 0 radical (unpaired) electrons. The minimum atomic E-state index is -1.42. The van der Waals surface area contributed by atoms with Crippen molar-refractivity contribution in [3.63, 3.8) is 0 Å². The van der Waals surface area contributed by atoms with Crippen LogP contribution in [0.15, 0.2) is 66.7 Å². The topological polar surface area (TPSA) is 93.9 Å². The number of anilines is 1. The Morgan fingerprint density at radius 1 is 1.11 bits per heavy atom. The average molecular weight is 492 g/mol. The SMILES string of the molecule is CCOc1cc([C@@H]2CN(C)[C@@]3(C(=O)Nc4ccccc43)[C@H]2[N+](=O)[O-])ccc1OCc1ccccc1F. The van der Waals surface area contributed by atoms with Gasteiger partial charge in [0.1, 0.15) is 12.4 Å². The molecule has 1 saturated heterocycles. The molecule has 1 spiro atoms. The molecule has 2 aliphatic rings. The molecule has 0 aromatic heterocycles. The summed E-state index contributed by atoms with van der Waals surface area (Å²) in [6.07, 6.45) is 0. The van der Waals surface area contributed by atoms with Crippen molar-refractivity contribution in [1.29, 1.82) is 0 Å². The van der Waals surface area contributed by atoms with Crippen LogP contribution >= 0.6 is 0 Å². The molecule has 36 heavy (non-hydrogen) atoms. The first-order valence-electron chi connectivity index (χ1n) is 11.8. The van der Waals surface area contributed by atoms with Crippen molar-refractivity contribution in [1.82, 2.24) is 4.90 Å². The molecule has 0 bridgehead atoms. The number of hydrogen-bond donors (Lipinski definition) is 1. The first kappa shape index (κ1) is 23.7. The van der Waals surface area contributed by atoms with Crippen LogP contribution in [0.2, 0.25) is 0 Å². The second-order valence-electron chi connectivity index (χ2n) is 9.00. The van der Waals surface area contributed by atoms with Crippen LogP contribution in [-0.2, 0) is 16.9 Å². The van der Waals surface area contributed by atoms with E-state index in [1.165, 1.54) is 6.07 Å². The molecule has 0 aliphatic carbocycles. The zero-order chi connectivity index (χ0) is 25.4. The predicted molar refractivity (Wildman–Crippen MR) is 131 cm³/mol. The summed E-state index contributed by atoms with van der Waals surface area (Å²) >= 11 is 0. The highest BCUT2D eigenvalue weighted by Crippen LogP contribution is 2.52. The number of nitrogens with one attached hydrogen (secondary N) is 1. The van der Waals surface area contributed by atoms with Crippen molar-refractivity contribution in [2.75, 3.05) is 25.5 Å². The molecule has 3 atom stereocenters. The number of hydrogen-bond acceptors (Lipinski definition) is 6. The van der Waals surface area contributed by atoms with E-state index >= 15 is 0 Å². The summed E-state index contributed by atoms with van der Waals surface area (Å²) < 4.78 is 25.7. The van der Waals surface area contributed by atoms with Gasteiger partial charge in [-0.25, -0.2) is 4.39 Å². The molecular formula is C27H26FN3O5. The third-order valence-corrected chi connectivity index (χ3v) is 7.08. The third-order valence-electron chi connectivity index (χ3n) is 7.08. The van der Waals surface area contributed by atoms with Gasteiger partial charge in [-0.3, -0.25) is 19.8 Å². The number of carbonyl (C=O) groups excluding carboxylic acids is 1. The van der Waals surface area contributed by atoms with E-state index in [4.69, 9.17) is 9.47 Å². The number of ether oxygens (including phenoxy) is 2. The van der Waals surface area contributed by atoms with Gasteiger partial charge >= 0.3 is 0 Å². The lowest BCUT2D eigenvalue weighted by Gasteiger charge is -2.30. The molecule has 3 aromatic rings. The van der Waals surface area contributed by atoms with E-state index in [0.29, 0.717) is 47.0 Å². The fourth-order valence-electron chi connectivity index (χ4n) is 5.49. The normalized spacial score (nSPS) is 22.9. The van der Waals surface area contributed by atoms with E-state index in [1.54, 1.807) is 72.6 Å². The number of carbonyl (C=O) groups is 1. The molecule has 186 valence electrons. The Hall–Kier alpha value is -3.98. The second kappa shape index (κ2) is 9.23. The molecule has 2 aliphatic heterocycles. The van der Waals surface area contributed by atoms with Crippen LogP contribution in [0.5, 0.6) is 11.5 Å². The number of nitrogens with zero attached hydrogens (tertiary/aromatic N) is 2. The van der Waals surface area contributed by atoms with Crippen LogP contribution in [0.4, 0.5) is 10.1 Å². The number of nitro groups is 1. The fourth-order valence-corrected chi connectivity index (χ4v) is 5.49. The molecule has 0 saturated carbocycles. The number of likely N-dealkylation sites (N-methyl/N-ethyl adjacent to an activating group) is 1. The van der Waals surface area contributed by atoms with Crippen molar-refractivity contribution >= 4 is 11.6 Å². The van der Waals surface area contributed by atoms with E-state index in [0.717, 1.165) is 0 Å². The van der Waals surface area contributed by atoms with E-state index in [9.17, 15) is 19.3 Å². The van der Waals surface area contributed by atoms with Gasteiger partial charge in [-0.15, -0.1) is 0 Å². The van der Waals surface area contributed by atoms with Gasteiger partial charge in [0.05, 0.1) is 12.5 Å². The van der Waals surface area contributed by atoms with Crippen molar-refractivity contribution in [3.05, 3.63) is 99.4 Å². The van der Waals surface area contributed by atoms with Gasteiger partial charge in [0.15, 0.2) is 17.0 Å². The molecule has 9 heteroatoms. The molecule has 1 fully saturated rings. The van der Waals surface area contributed by atoms with Crippen LogP contribution in [0.1, 0.15) is 29.5 Å². The number of likely N-dealkylation sites (tertiary alicyclic amines) is 1. The first-order chi connectivity index (χ1) is 17.4. The monoisotopic (exact) mass is 491 g/mol. The predicted octanol–water partition coefficient (Wildman–Crippen LogP) is 4.33. The summed E-state index contributed by atoms with van der Waals surface area (Å²) in [7, 11) is 1.74. The fraction of sp³-hybridized carbons (Fsp3) is 0.296. The molecule has 2 heterocycles. The maximum atomic E-state index is 14.0. The Kier molecular flexibility index (Phi) is 6.09. The third kappa shape index (κ3) is 3.67. The molecule has 8 nitrogen and oxygen atoms in total. The standard InChI is InChI=1S/C27H26FN3O5/c1-3-35-24-14-17(12-13-23(24)36-16-18-8-4-6-10-21(18)28)19-15-30(2)27(25(19)31(33)34)20-9-5-7-11-22(20)29-26(27)32/h4-14,19,25H,3,15-16H2,1-2H3,(H,29,32)/t19-,25-,27+/m0/s1. The van der Waals surface area contributed by atoms with Crippen molar-refractivity contribution < 1.29 is 23.6 Å². The summed E-state index contributed by atoms with van der Waals surface area (Å²) in [5.41, 5.74) is 0.851. The minimum Gasteiger partial charge on any atom is -0.490 e. The van der Waals surface area contributed by atoms with Crippen LogP contribution in [0.25, 0.3) is 0 Å². The molecular weight excluding hydrogens is 465 g/mol. The summed E-state index contributed by atoms with van der Waals surface area (Å²) in [5.74, 6) is -0.526. The Labute approximate surface area is 207 Å². The van der Waals surface area contributed by atoms with Gasteiger partial charge in [-0.05, 0) is 43.8 Å². The number of para-hydroxylation sites is 1. The largest absolute Gasteiger partial charge is 0.490 e. The molecule has 3 aromatic carbocycles. The average Bonchev–Trinajstić information content (AvgIpc) is 3.34. The second-order valence-corrected chi connectivity index (χ2v) is 9.00. The van der Waals surface area contributed by atoms with Crippen molar-refractivity contribution in [2.24, 2.45) is 0 Å². The Morgan fingerprint density at radius 3 is 2.61 bits per heavy atom. The van der Waals surface area contributed by atoms with Gasteiger partial charge in [0, 0.05) is 28.3 Å². The molecule has 0 unspecified atom stereocenters. The summed E-state index contributed by atoms with van der Waals surface area (Å²) in [6.45, 7) is 2.48. The summed E-state index contributed by atoms with van der Waals surface area (Å²) in [6, 6.07) is 17.4. The molecule has 1 N–H and O–H groups in total. The minimum absolute atomic E-state index is 0.00977. The highest BCUT2D eigenvalue weighted by molar-refractivity contribution is 6.06. The van der Waals surface area contributed by atoms with Gasteiger partial charge in [-0.2, -0.15) is 0 Å². The van der Waals surface area contributed by atoms with Gasteiger partial charge < -0.3 is 14.8 Å². The van der Waals surface area contributed by atoms with E-state index in [2.05, 4.69) is 5.32 Å². The lowest BCUT2D eigenvalue weighted by Crippen LogP contribution is -2.54. The van der Waals surface area contributed by atoms with Crippen LogP contribution in [-0.4, -0.2) is 42.0 Å². The smallest absolute Gasteiger partial charge is 0.256 e. The van der Waals surface area contributed by atoms with Gasteiger partial charge in [0.2, 0.25) is 0 Å². The maximum Gasteiger partial charge on any atom is 0.256 e. The van der Waals surface area contributed by atoms with Gasteiger partial charge in [-0.1, -0.05) is 42.5 Å². The van der Waals surface area contributed by atoms with E-state index in [-0.39, 0.29) is 17.3 Å². The number of amides is 1. The molecule has 1 amide bonds. The summed E-state index contributed by atoms with van der Waals surface area (Å²) in [5, 5.41) is 15.4. The van der Waals surface area contributed by atoms with E-state index < -0.39 is 23.4 Å². The van der Waals surface area contributed by atoms with Crippen LogP contribution in [0, 0.1) is 15.9 Å². The first-order valence-corrected chi connectivity index (χ1v) is 11.8. The zero-order valence-electron chi connectivity index (χ0n) is 19.9. The highest BCUT2D eigenvalue weighted by Gasteiger charge is 2.68. The quantitative estimate of drug-likeness (QED) is 0.391. The lowest BCUT2D eigenvalue weighted by atomic mass is 9.79. The highest BCUT2D eigenvalue weighted by atomic mass is 19.1. The Morgan fingerprint density at radius 2 is 1.86 bits per heavy atom. The number of halogens is 1.